The molecule has 1 fully saturated rings. The fourth-order valence-electron chi connectivity index (χ4n) is 2.76. The first-order chi connectivity index (χ1) is 14.1. The van der Waals surface area contributed by atoms with E-state index in [4.69, 9.17) is 16.3 Å². The number of ether oxygens (including phenoxy) is 1. The zero-order valence-electron chi connectivity index (χ0n) is 15.5. The van der Waals surface area contributed by atoms with E-state index in [1.54, 1.807) is 60.7 Å². The van der Waals surface area contributed by atoms with E-state index in [0.29, 0.717) is 33.5 Å². The lowest BCUT2D eigenvalue weighted by Gasteiger charge is -2.10. The van der Waals surface area contributed by atoms with Crippen molar-refractivity contribution in [3.05, 3.63) is 83.4 Å². The van der Waals surface area contributed by atoms with E-state index < -0.39 is 0 Å². The van der Waals surface area contributed by atoms with Gasteiger partial charge in [0.1, 0.15) is 11.5 Å². The van der Waals surface area contributed by atoms with Gasteiger partial charge in [-0.15, -0.1) is 0 Å². The number of para-hydroxylation sites is 1. The topological polar surface area (TPSA) is 67.4 Å². The van der Waals surface area contributed by atoms with Gasteiger partial charge in [-0.3, -0.25) is 9.59 Å². The highest BCUT2D eigenvalue weighted by molar-refractivity contribution is 6.32. The van der Waals surface area contributed by atoms with Gasteiger partial charge in [-0.2, -0.15) is 0 Å². The maximum absolute atomic E-state index is 12.4. The standard InChI is InChI=1S/C23H19ClN2O3/c24-20-3-1-2-4-21(20)29-19-13-11-18(12-14-19)26-23(28)16-7-9-17(10-8-16)25-22(27)15-5-6-15/h1-4,7-15H,5-6H2,(H,25,27)(H,26,28). The van der Waals surface area contributed by atoms with Crippen LogP contribution in [0, 0.1) is 5.92 Å². The highest BCUT2D eigenvalue weighted by Crippen LogP contribution is 2.31. The molecule has 0 aromatic heterocycles. The van der Waals surface area contributed by atoms with Gasteiger partial charge in [-0.05, 0) is 73.5 Å². The SMILES string of the molecule is O=C(Nc1ccc(Oc2ccccc2Cl)cc1)c1ccc(NC(=O)C2CC2)cc1. The molecule has 0 unspecified atom stereocenters. The number of hydrogen-bond acceptors (Lipinski definition) is 3. The van der Waals surface area contributed by atoms with Crippen LogP contribution >= 0.6 is 11.6 Å². The van der Waals surface area contributed by atoms with E-state index in [9.17, 15) is 9.59 Å². The van der Waals surface area contributed by atoms with E-state index >= 15 is 0 Å². The smallest absolute Gasteiger partial charge is 0.255 e. The predicted octanol–water partition coefficient (Wildman–Crippen LogP) is 5.73. The first-order valence-corrected chi connectivity index (χ1v) is 9.71. The highest BCUT2D eigenvalue weighted by Gasteiger charge is 2.29. The van der Waals surface area contributed by atoms with E-state index in [-0.39, 0.29) is 17.7 Å². The van der Waals surface area contributed by atoms with Gasteiger partial charge in [0.2, 0.25) is 5.91 Å². The molecular formula is C23H19ClN2O3. The molecule has 4 rings (SSSR count). The third kappa shape index (κ3) is 4.95. The Morgan fingerprint density at radius 1 is 0.828 bits per heavy atom. The first kappa shape index (κ1) is 19.0. The summed E-state index contributed by atoms with van der Waals surface area (Å²) >= 11 is 6.09. The monoisotopic (exact) mass is 406 g/mol. The summed E-state index contributed by atoms with van der Waals surface area (Å²) in [4.78, 5) is 24.2. The Kier molecular flexibility index (Phi) is 5.49. The zero-order chi connectivity index (χ0) is 20.2. The fourth-order valence-corrected chi connectivity index (χ4v) is 2.93. The van der Waals surface area contributed by atoms with Crippen molar-refractivity contribution < 1.29 is 14.3 Å². The molecule has 0 heterocycles. The average molecular weight is 407 g/mol. The minimum Gasteiger partial charge on any atom is -0.456 e. The minimum absolute atomic E-state index is 0.0429. The van der Waals surface area contributed by atoms with E-state index in [2.05, 4.69) is 10.6 Å². The van der Waals surface area contributed by atoms with Crippen molar-refractivity contribution in [1.82, 2.24) is 0 Å². The van der Waals surface area contributed by atoms with Crippen LogP contribution in [0.2, 0.25) is 5.02 Å². The van der Waals surface area contributed by atoms with Crippen LogP contribution in [0.3, 0.4) is 0 Å². The second kappa shape index (κ2) is 8.37. The quantitative estimate of drug-likeness (QED) is 0.549. The van der Waals surface area contributed by atoms with Crippen molar-refractivity contribution in [3.8, 4) is 11.5 Å². The number of anilines is 2. The maximum Gasteiger partial charge on any atom is 0.255 e. The molecule has 2 N–H and O–H groups in total. The van der Waals surface area contributed by atoms with Crippen LogP contribution in [0.1, 0.15) is 23.2 Å². The van der Waals surface area contributed by atoms with Crippen molar-refractivity contribution in [3.63, 3.8) is 0 Å². The molecule has 1 saturated carbocycles. The molecule has 1 aliphatic rings. The van der Waals surface area contributed by atoms with Gasteiger partial charge in [0, 0.05) is 22.9 Å². The lowest BCUT2D eigenvalue weighted by molar-refractivity contribution is -0.117. The Labute approximate surface area is 173 Å². The number of halogens is 1. The van der Waals surface area contributed by atoms with E-state index in [1.165, 1.54) is 0 Å². The van der Waals surface area contributed by atoms with Gasteiger partial charge >= 0.3 is 0 Å². The normalized spacial score (nSPS) is 12.9. The van der Waals surface area contributed by atoms with Crippen LogP contribution in [0.4, 0.5) is 11.4 Å². The van der Waals surface area contributed by atoms with Gasteiger partial charge in [-0.1, -0.05) is 23.7 Å². The van der Waals surface area contributed by atoms with Crippen LogP contribution in [-0.2, 0) is 4.79 Å². The number of carbonyl (C=O) groups excluding carboxylic acids is 2. The van der Waals surface area contributed by atoms with Crippen molar-refractivity contribution in [2.45, 2.75) is 12.8 Å². The fraction of sp³-hybridized carbons (Fsp3) is 0.130. The van der Waals surface area contributed by atoms with Crippen molar-refractivity contribution >= 4 is 34.8 Å². The average Bonchev–Trinajstić information content (AvgIpc) is 3.57. The summed E-state index contributed by atoms with van der Waals surface area (Å²) in [5.74, 6) is 1.14. The molecule has 3 aromatic carbocycles. The molecule has 0 bridgehead atoms. The first-order valence-electron chi connectivity index (χ1n) is 9.33. The van der Waals surface area contributed by atoms with Gasteiger partial charge in [-0.25, -0.2) is 0 Å². The Morgan fingerprint density at radius 3 is 2.10 bits per heavy atom. The summed E-state index contributed by atoms with van der Waals surface area (Å²) < 4.78 is 5.74. The molecule has 0 aliphatic heterocycles. The lowest BCUT2D eigenvalue weighted by atomic mass is 10.2. The van der Waals surface area contributed by atoms with E-state index in [1.807, 2.05) is 12.1 Å². The van der Waals surface area contributed by atoms with Gasteiger partial charge in [0.25, 0.3) is 5.91 Å². The number of carbonyl (C=O) groups is 2. The van der Waals surface area contributed by atoms with Gasteiger partial charge in [0.05, 0.1) is 5.02 Å². The Morgan fingerprint density at radius 2 is 1.45 bits per heavy atom. The summed E-state index contributed by atoms with van der Waals surface area (Å²) in [5, 5.41) is 6.23. The predicted molar refractivity (Wildman–Crippen MR) is 114 cm³/mol. The number of nitrogens with one attached hydrogen (secondary N) is 2. The molecule has 0 spiro atoms. The number of rotatable bonds is 6. The largest absolute Gasteiger partial charge is 0.456 e. The summed E-state index contributed by atoms with van der Waals surface area (Å²) in [7, 11) is 0. The molecular weight excluding hydrogens is 388 g/mol. The molecule has 29 heavy (non-hydrogen) atoms. The third-order valence-corrected chi connectivity index (χ3v) is 4.85. The molecule has 0 atom stereocenters. The number of benzene rings is 3. The molecule has 2 amide bonds. The summed E-state index contributed by atoms with van der Waals surface area (Å²) in [5.41, 5.74) is 1.85. The number of amides is 2. The Balaban J connectivity index is 1.35. The maximum atomic E-state index is 12.4. The Bertz CT molecular complexity index is 1030. The summed E-state index contributed by atoms with van der Waals surface area (Å²) in [6.45, 7) is 0. The molecule has 3 aromatic rings. The van der Waals surface area contributed by atoms with E-state index in [0.717, 1.165) is 12.8 Å². The molecule has 146 valence electrons. The van der Waals surface area contributed by atoms with Crippen LogP contribution in [0.5, 0.6) is 11.5 Å². The second-order valence-electron chi connectivity index (χ2n) is 6.85. The third-order valence-electron chi connectivity index (χ3n) is 4.54. The highest BCUT2D eigenvalue weighted by atomic mass is 35.5. The molecule has 1 aliphatic carbocycles. The van der Waals surface area contributed by atoms with Gasteiger partial charge < -0.3 is 15.4 Å². The number of hydrogen-bond donors (Lipinski definition) is 2. The van der Waals surface area contributed by atoms with Crippen LogP contribution in [-0.4, -0.2) is 11.8 Å². The molecule has 5 nitrogen and oxygen atoms in total. The second-order valence-corrected chi connectivity index (χ2v) is 7.26. The zero-order valence-corrected chi connectivity index (χ0v) is 16.3. The Hall–Kier alpha value is -3.31. The summed E-state index contributed by atoms with van der Waals surface area (Å²) in [6.07, 6.45) is 1.91. The molecule has 0 saturated heterocycles. The minimum atomic E-state index is -0.232. The molecule has 0 radical (unpaired) electrons. The van der Waals surface area contributed by atoms with Crippen LogP contribution in [0.15, 0.2) is 72.8 Å². The van der Waals surface area contributed by atoms with Gasteiger partial charge in [0.15, 0.2) is 0 Å². The van der Waals surface area contributed by atoms with Crippen LogP contribution < -0.4 is 15.4 Å². The van der Waals surface area contributed by atoms with Crippen LogP contribution in [0.25, 0.3) is 0 Å². The van der Waals surface area contributed by atoms with Crippen molar-refractivity contribution in [2.75, 3.05) is 10.6 Å². The van der Waals surface area contributed by atoms with Crippen molar-refractivity contribution in [2.24, 2.45) is 5.92 Å². The van der Waals surface area contributed by atoms with Crippen molar-refractivity contribution in [1.29, 1.82) is 0 Å². The molecule has 6 heteroatoms. The summed E-state index contributed by atoms with van der Waals surface area (Å²) in [6, 6.07) is 21.1. The lowest BCUT2D eigenvalue weighted by Crippen LogP contribution is -2.14.